The lowest BCUT2D eigenvalue weighted by molar-refractivity contribution is 0.213. The summed E-state index contributed by atoms with van der Waals surface area (Å²) in [6.45, 7) is 8.69. The Labute approximate surface area is 162 Å². The molecule has 150 valence electrons. The Morgan fingerprint density at radius 3 is 2.41 bits per heavy atom. The monoisotopic (exact) mass is 392 g/mol. The third-order valence-electron chi connectivity index (χ3n) is 7.03. The Balaban J connectivity index is 1.30. The first-order valence-electron chi connectivity index (χ1n) is 10.6. The summed E-state index contributed by atoms with van der Waals surface area (Å²) in [5, 5.41) is 4.90. The fourth-order valence-corrected chi connectivity index (χ4v) is 7.80. The van der Waals surface area contributed by atoms with E-state index in [1.165, 1.54) is 31.5 Å². The van der Waals surface area contributed by atoms with Crippen molar-refractivity contribution in [1.29, 1.82) is 0 Å². The maximum absolute atomic E-state index is 11.7. The van der Waals surface area contributed by atoms with Gasteiger partial charge >= 0.3 is 0 Å². The number of sulfone groups is 1. The molecule has 1 aromatic heterocycles. The van der Waals surface area contributed by atoms with Gasteiger partial charge in [0.05, 0.1) is 17.0 Å². The van der Waals surface area contributed by atoms with E-state index >= 15 is 0 Å². The minimum Gasteiger partial charge on any atom is -0.300 e. The van der Waals surface area contributed by atoms with Crippen LogP contribution < -0.4 is 0 Å². The number of hydrogen-bond donors (Lipinski definition) is 0. The van der Waals surface area contributed by atoms with Crippen LogP contribution >= 0.6 is 0 Å². The maximum Gasteiger partial charge on any atom is 0.154 e. The molecule has 2 aliphatic heterocycles. The summed E-state index contributed by atoms with van der Waals surface area (Å²) >= 11 is 0. The lowest BCUT2D eigenvalue weighted by atomic mass is 9.91. The van der Waals surface area contributed by atoms with E-state index in [-0.39, 0.29) is 11.0 Å². The van der Waals surface area contributed by atoms with Crippen molar-refractivity contribution in [2.45, 2.75) is 82.7 Å². The summed E-state index contributed by atoms with van der Waals surface area (Å²) in [7, 11) is -2.74. The van der Waals surface area contributed by atoms with Crippen molar-refractivity contribution in [3.63, 3.8) is 0 Å². The molecular weight excluding hydrogens is 360 g/mol. The van der Waals surface area contributed by atoms with Gasteiger partial charge < -0.3 is 0 Å². The molecule has 0 radical (unpaired) electrons. The maximum atomic E-state index is 11.7. The van der Waals surface area contributed by atoms with Crippen molar-refractivity contribution < 1.29 is 8.42 Å². The van der Waals surface area contributed by atoms with E-state index in [1.54, 1.807) is 0 Å². The van der Waals surface area contributed by atoms with Crippen molar-refractivity contribution in [3.05, 3.63) is 11.6 Å². The van der Waals surface area contributed by atoms with Gasteiger partial charge in [0, 0.05) is 29.8 Å². The van der Waals surface area contributed by atoms with Gasteiger partial charge in [-0.15, -0.1) is 0 Å². The van der Waals surface area contributed by atoms with Crippen molar-refractivity contribution in [2.24, 2.45) is 5.41 Å². The van der Waals surface area contributed by atoms with Crippen LogP contribution in [0.4, 0.5) is 0 Å². The lowest BCUT2D eigenvalue weighted by Crippen LogP contribution is -2.50. The average Bonchev–Trinajstić information content (AvgIpc) is 2.98. The van der Waals surface area contributed by atoms with E-state index in [1.807, 2.05) is 0 Å². The van der Waals surface area contributed by atoms with Gasteiger partial charge in [-0.1, -0.05) is 0 Å². The first-order valence-corrected chi connectivity index (χ1v) is 12.4. The van der Waals surface area contributed by atoms with Gasteiger partial charge in [-0.25, -0.2) is 18.1 Å². The highest BCUT2D eigenvalue weighted by atomic mass is 32.2. The number of nitrogens with zero attached hydrogens (tertiary/aromatic N) is 4. The van der Waals surface area contributed by atoms with Crippen molar-refractivity contribution >= 4 is 9.84 Å². The minimum atomic E-state index is -2.74. The van der Waals surface area contributed by atoms with E-state index in [9.17, 15) is 8.42 Å². The lowest BCUT2D eigenvalue weighted by Gasteiger charge is -2.38. The summed E-state index contributed by atoms with van der Waals surface area (Å²) in [4.78, 5) is 7.59. The summed E-state index contributed by atoms with van der Waals surface area (Å²) in [5.74, 6) is 4.14. The fraction of sp³-hybridized carbons (Fsp3) is 0.900. The molecule has 2 aliphatic carbocycles. The summed E-state index contributed by atoms with van der Waals surface area (Å²) in [6, 6.07) is 0.576. The first-order chi connectivity index (χ1) is 12.6. The van der Waals surface area contributed by atoms with E-state index in [0.717, 1.165) is 31.8 Å². The molecular formula is C20H32N4O2S. The molecule has 0 amide bonds. The Hall–Kier alpha value is -0.950. The molecule has 1 aromatic rings. The minimum absolute atomic E-state index is 0.0362. The molecule has 0 bridgehead atoms. The summed E-state index contributed by atoms with van der Waals surface area (Å²) in [5.41, 5.74) is 0.0348. The molecule has 6 nitrogen and oxygen atoms in total. The molecule has 1 unspecified atom stereocenters. The number of likely N-dealkylation sites (tertiary alicyclic amines) is 1. The predicted octanol–water partition coefficient (Wildman–Crippen LogP) is 2.67. The Morgan fingerprint density at radius 1 is 1.07 bits per heavy atom. The normalized spacial score (nSPS) is 32.9. The molecule has 2 atom stereocenters. The van der Waals surface area contributed by atoms with Crippen LogP contribution in [0, 0.1) is 5.41 Å². The molecule has 1 spiro atoms. The van der Waals surface area contributed by atoms with Crippen LogP contribution in [-0.2, 0) is 15.4 Å². The van der Waals surface area contributed by atoms with Crippen LogP contribution in [0.2, 0.25) is 0 Å². The number of rotatable bonds is 3. The molecule has 0 aromatic carbocycles. The summed E-state index contributed by atoms with van der Waals surface area (Å²) in [6.07, 6.45) is 7.03. The van der Waals surface area contributed by atoms with Crippen molar-refractivity contribution in [1.82, 2.24) is 19.7 Å². The second-order valence-corrected chi connectivity index (χ2v) is 12.7. The highest BCUT2D eigenvalue weighted by molar-refractivity contribution is 7.92. The Morgan fingerprint density at radius 2 is 1.78 bits per heavy atom. The SMILES string of the molecule is CC(C)(C)n1nc(C2CC2)nc1C1CC[C@@H](N2CCC3(C2)CS(=O)(=O)C3)C1. The first kappa shape index (κ1) is 18.1. The molecule has 7 heteroatoms. The third kappa shape index (κ3) is 3.24. The smallest absolute Gasteiger partial charge is 0.154 e. The number of hydrogen-bond acceptors (Lipinski definition) is 5. The van der Waals surface area contributed by atoms with Crippen LogP contribution in [-0.4, -0.2) is 58.7 Å². The fourth-order valence-electron chi connectivity index (χ4n) is 5.54. The predicted molar refractivity (Wildman–Crippen MR) is 105 cm³/mol. The van der Waals surface area contributed by atoms with Gasteiger partial charge in [0.1, 0.15) is 5.82 Å². The zero-order valence-corrected chi connectivity index (χ0v) is 17.6. The molecule has 3 heterocycles. The second-order valence-electron chi connectivity index (χ2n) is 10.6. The van der Waals surface area contributed by atoms with Gasteiger partial charge in [-0.05, 0) is 65.8 Å². The van der Waals surface area contributed by atoms with Gasteiger partial charge in [-0.3, -0.25) is 4.90 Å². The van der Waals surface area contributed by atoms with Crippen LogP contribution in [0.25, 0.3) is 0 Å². The molecule has 4 aliphatic rings. The largest absolute Gasteiger partial charge is 0.300 e. The topological polar surface area (TPSA) is 68.1 Å². The summed E-state index contributed by atoms with van der Waals surface area (Å²) < 4.78 is 25.5. The molecule has 4 fully saturated rings. The van der Waals surface area contributed by atoms with Crippen LogP contribution in [0.1, 0.15) is 82.8 Å². The second kappa shape index (κ2) is 5.78. The molecule has 27 heavy (non-hydrogen) atoms. The quantitative estimate of drug-likeness (QED) is 0.791. The van der Waals surface area contributed by atoms with E-state index < -0.39 is 9.84 Å². The third-order valence-corrected chi connectivity index (χ3v) is 9.14. The molecule has 2 saturated carbocycles. The van der Waals surface area contributed by atoms with E-state index in [4.69, 9.17) is 10.1 Å². The van der Waals surface area contributed by atoms with Crippen LogP contribution in [0.15, 0.2) is 0 Å². The van der Waals surface area contributed by atoms with E-state index in [0.29, 0.717) is 29.4 Å². The van der Waals surface area contributed by atoms with Crippen LogP contribution in [0.3, 0.4) is 0 Å². The average molecular weight is 393 g/mol. The Kier molecular flexibility index (Phi) is 3.88. The highest BCUT2D eigenvalue weighted by Crippen LogP contribution is 2.46. The van der Waals surface area contributed by atoms with Gasteiger partial charge in [0.25, 0.3) is 0 Å². The van der Waals surface area contributed by atoms with Crippen molar-refractivity contribution in [2.75, 3.05) is 24.6 Å². The van der Waals surface area contributed by atoms with Crippen molar-refractivity contribution in [3.8, 4) is 0 Å². The number of aromatic nitrogens is 3. The zero-order chi connectivity index (χ0) is 19.0. The zero-order valence-electron chi connectivity index (χ0n) is 16.8. The standard InChI is InChI=1S/C20H32N4O2S/c1-19(2,3)24-18(21-17(22-24)14-4-5-14)15-6-7-16(10-15)23-9-8-20(11-23)12-27(25,26)13-20/h14-16H,4-13H2,1-3H3/t15?,16-/m1/s1. The molecule has 2 saturated heterocycles. The van der Waals surface area contributed by atoms with E-state index in [2.05, 4.69) is 30.4 Å². The molecule has 5 rings (SSSR count). The van der Waals surface area contributed by atoms with Gasteiger partial charge in [-0.2, -0.15) is 5.10 Å². The highest BCUT2D eigenvalue weighted by Gasteiger charge is 2.53. The molecule has 0 N–H and O–H groups in total. The van der Waals surface area contributed by atoms with Crippen LogP contribution in [0.5, 0.6) is 0 Å². The Bertz CT molecular complexity index is 838. The van der Waals surface area contributed by atoms with Gasteiger partial charge in [0.2, 0.25) is 0 Å². The van der Waals surface area contributed by atoms with Gasteiger partial charge in [0.15, 0.2) is 15.7 Å².